The largest absolute Gasteiger partial charge is 0.378 e. The molecule has 0 spiro atoms. The molecule has 4 aromatic rings. The van der Waals surface area contributed by atoms with Crippen molar-refractivity contribution in [3.8, 4) is 0 Å². The molecule has 166 valence electrons. The molecule has 1 aliphatic rings. The van der Waals surface area contributed by atoms with Crippen LogP contribution >= 0.6 is 0 Å². The van der Waals surface area contributed by atoms with Crippen LogP contribution in [-0.2, 0) is 4.74 Å². The van der Waals surface area contributed by atoms with Crippen molar-refractivity contribution in [2.75, 3.05) is 41.9 Å². The number of hydrazone groups is 1. The predicted octanol–water partition coefficient (Wildman–Crippen LogP) is 4.19. The lowest BCUT2D eigenvalue weighted by Crippen LogP contribution is -2.37. The fourth-order valence-corrected chi connectivity index (χ4v) is 3.58. The SMILES string of the molecule is Fc1cccc(C=NNc2nc(Nc3cccc4ccccc34)nc(N3CCOCC3)n2)c1. The number of anilines is 4. The van der Waals surface area contributed by atoms with Crippen LogP contribution in [0.5, 0.6) is 0 Å². The van der Waals surface area contributed by atoms with Gasteiger partial charge in [0, 0.05) is 24.2 Å². The molecule has 0 unspecified atom stereocenters. The zero-order chi connectivity index (χ0) is 22.5. The van der Waals surface area contributed by atoms with Crippen molar-refractivity contribution in [3.63, 3.8) is 0 Å². The summed E-state index contributed by atoms with van der Waals surface area (Å²) in [7, 11) is 0. The lowest BCUT2D eigenvalue weighted by molar-refractivity contribution is 0.122. The van der Waals surface area contributed by atoms with Crippen LogP contribution in [0.2, 0.25) is 0 Å². The molecule has 1 aliphatic heterocycles. The molecule has 1 saturated heterocycles. The van der Waals surface area contributed by atoms with Gasteiger partial charge in [-0.1, -0.05) is 48.5 Å². The Hall–Kier alpha value is -4.11. The fraction of sp³-hybridized carbons (Fsp3) is 0.167. The smallest absolute Gasteiger partial charge is 0.250 e. The first-order valence-corrected chi connectivity index (χ1v) is 10.6. The molecule has 0 amide bonds. The van der Waals surface area contributed by atoms with Crippen molar-refractivity contribution >= 4 is 40.5 Å². The van der Waals surface area contributed by atoms with Gasteiger partial charge in [-0.25, -0.2) is 9.82 Å². The molecular weight excluding hydrogens is 421 g/mol. The number of nitrogens with zero attached hydrogens (tertiary/aromatic N) is 5. The summed E-state index contributed by atoms with van der Waals surface area (Å²) in [6.45, 7) is 2.59. The normalized spacial score (nSPS) is 14.0. The molecule has 8 nitrogen and oxygen atoms in total. The summed E-state index contributed by atoms with van der Waals surface area (Å²) in [4.78, 5) is 15.7. The van der Waals surface area contributed by atoms with Crippen LogP contribution < -0.4 is 15.6 Å². The molecule has 9 heteroatoms. The summed E-state index contributed by atoms with van der Waals surface area (Å²) in [5, 5.41) is 9.67. The minimum absolute atomic E-state index is 0.280. The third kappa shape index (κ3) is 5.04. The quantitative estimate of drug-likeness (QED) is 0.341. The van der Waals surface area contributed by atoms with Crippen molar-refractivity contribution in [2.45, 2.75) is 0 Å². The standard InChI is InChI=1S/C24H22FN7O/c25-19-8-3-5-17(15-19)16-26-31-23-28-22(29-24(30-23)32-11-13-33-14-12-32)27-21-10-4-7-18-6-1-2-9-20(18)21/h1-10,15-16H,11-14H2,(H2,27,28,29,30,31). The van der Waals surface area contributed by atoms with E-state index >= 15 is 0 Å². The molecule has 0 saturated carbocycles. The highest BCUT2D eigenvalue weighted by molar-refractivity contribution is 5.94. The number of hydrogen-bond donors (Lipinski definition) is 2. The van der Waals surface area contributed by atoms with Crippen LogP contribution in [-0.4, -0.2) is 47.5 Å². The second-order valence-electron chi connectivity index (χ2n) is 7.46. The molecule has 0 radical (unpaired) electrons. The zero-order valence-corrected chi connectivity index (χ0v) is 17.8. The maximum absolute atomic E-state index is 13.4. The highest BCUT2D eigenvalue weighted by Crippen LogP contribution is 2.26. The minimum atomic E-state index is -0.324. The van der Waals surface area contributed by atoms with Gasteiger partial charge in [0.15, 0.2) is 0 Å². The van der Waals surface area contributed by atoms with Gasteiger partial charge in [0.2, 0.25) is 17.8 Å². The summed E-state index contributed by atoms with van der Waals surface area (Å²) in [5.74, 6) is 0.878. The van der Waals surface area contributed by atoms with E-state index in [0.717, 1.165) is 16.5 Å². The molecular formula is C24H22FN7O. The van der Waals surface area contributed by atoms with Gasteiger partial charge in [-0.15, -0.1) is 0 Å². The molecule has 1 aromatic heterocycles. The molecule has 2 N–H and O–H groups in total. The van der Waals surface area contributed by atoms with Gasteiger partial charge < -0.3 is 15.0 Å². The van der Waals surface area contributed by atoms with Crippen LogP contribution in [0.15, 0.2) is 71.8 Å². The topological polar surface area (TPSA) is 87.6 Å². The van der Waals surface area contributed by atoms with E-state index in [4.69, 9.17) is 4.74 Å². The third-order valence-corrected chi connectivity index (χ3v) is 5.18. The van der Waals surface area contributed by atoms with Gasteiger partial charge >= 0.3 is 0 Å². The Kier molecular flexibility index (Phi) is 6.03. The molecule has 2 heterocycles. The van der Waals surface area contributed by atoms with Gasteiger partial charge in [0.05, 0.1) is 19.4 Å². The molecule has 1 fully saturated rings. The second kappa shape index (κ2) is 9.58. The Morgan fingerprint density at radius 3 is 2.58 bits per heavy atom. The number of nitrogens with one attached hydrogen (secondary N) is 2. The first-order valence-electron chi connectivity index (χ1n) is 10.6. The van der Waals surface area contributed by atoms with E-state index in [9.17, 15) is 4.39 Å². The molecule has 5 rings (SSSR count). The van der Waals surface area contributed by atoms with Crippen LogP contribution in [0.4, 0.5) is 27.9 Å². The van der Waals surface area contributed by atoms with Crippen LogP contribution in [0.25, 0.3) is 10.8 Å². The number of hydrogen-bond acceptors (Lipinski definition) is 8. The number of ether oxygens (including phenoxy) is 1. The van der Waals surface area contributed by atoms with Gasteiger partial charge in [-0.2, -0.15) is 20.1 Å². The van der Waals surface area contributed by atoms with Crippen molar-refractivity contribution in [1.82, 2.24) is 15.0 Å². The van der Waals surface area contributed by atoms with E-state index in [1.165, 1.54) is 18.3 Å². The van der Waals surface area contributed by atoms with E-state index in [-0.39, 0.29) is 11.8 Å². The highest BCUT2D eigenvalue weighted by atomic mass is 19.1. The average Bonchev–Trinajstić information content (AvgIpc) is 2.85. The summed E-state index contributed by atoms with van der Waals surface area (Å²) < 4.78 is 18.9. The minimum Gasteiger partial charge on any atom is -0.378 e. The second-order valence-corrected chi connectivity index (χ2v) is 7.46. The Morgan fingerprint density at radius 2 is 1.70 bits per heavy atom. The van der Waals surface area contributed by atoms with Crippen LogP contribution in [0.1, 0.15) is 5.56 Å². The van der Waals surface area contributed by atoms with Crippen molar-refractivity contribution in [1.29, 1.82) is 0 Å². The number of benzene rings is 3. The molecule has 0 bridgehead atoms. The van der Waals surface area contributed by atoms with Crippen molar-refractivity contribution < 1.29 is 9.13 Å². The lowest BCUT2D eigenvalue weighted by Gasteiger charge is -2.27. The first-order chi connectivity index (χ1) is 16.2. The fourth-order valence-electron chi connectivity index (χ4n) is 3.58. The molecule has 0 aliphatic carbocycles. The van der Waals surface area contributed by atoms with Crippen molar-refractivity contribution in [2.24, 2.45) is 5.10 Å². The van der Waals surface area contributed by atoms with E-state index in [0.29, 0.717) is 43.8 Å². The lowest BCUT2D eigenvalue weighted by atomic mass is 10.1. The van der Waals surface area contributed by atoms with Crippen LogP contribution in [0, 0.1) is 5.82 Å². The summed E-state index contributed by atoms with van der Waals surface area (Å²) in [5.41, 5.74) is 4.36. The number of rotatable bonds is 6. The molecule has 0 atom stereocenters. The summed E-state index contributed by atoms with van der Waals surface area (Å²) in [6, 6.07) is 20.3. The monoisotopic (exact) mass is 443 g/mol. The zero-order valence-electron chi connectivity index (χ0n) is 17.8. The van der Waals surface area contributed by atoms with E-state index in [2.05, 4.69) is 42.9 Å². The number of halogens is 1. The molecule has 33 heavy (non-hydrogen) atoms. The van der Waals surface area contributed by atoms with E-state index < -0.39 is 0 Å². The maximum atomic E-state index is 13.4. The Bertz CT molecular complexity index is 1290. The first kappa shape index (κ1) is 20.8. The van der Waals surface area contributed by atoms with Gasteiger partial charge in [-0.3, -0.25) is 0 Å². The van der Waals surface area contributed by atoms with Gasteiger partial charge in [0.25, 0.3) is 0 Å². The Balaban J connectivity index is 1.44. The van der Waals surface area contributed by atoms with Gasteiger partial charge in [0.1, 0.15) is 5.82 Å². The maximum Gasteiger partial charge on any atom is 0.250 e. The van der Waals surface area contributed by atoms with E-state index in [1.807, 2.05) is 35.2 Å². The van der Waals surface area contributed by atoms with Gasteiger partial charge in [-0.05, 0) is 29.1 Å². The van der Waals surface area contributed by atoms with Crippen molar-refractivity contribution in [3.05, 3.63) is 78.1 Å². The summed E-state index contributed by atoms with van der Waals surface area (Å²) >= 11 is 0. The third-order valence-electron chi connectivity index (χ3n) is 5.18. The Morgan fingerprint density at radius 1 is 0.909 bits per heavy atom. The van der Waals surface area contributed by atoms with Crippen LogP contribution in [0.3, 0.4) is 0 Å². The number of morpholine rings is 1. The Labute approximate surface area is 190 Å². The molecule has 3 aromatic carbocycles. The van der Waals surface area contributed by atoms with E-state index in [1.54, 1.807) is 12.1 Å². The number of aromatic nitrogens is 3. The average molecular weight is 443 g/mol. The predicted molar refractivity (Wildman–Crippen MR) is 128 cm³/mol. The highest BCUT2D eigenvalue weighted by Gasteiger charge is 2.17. The number of fused-ring (bicyclic) bond motifs is 1. The summed E-state index contributed by atoms with van der Waals surface area (Å²) in [6.07, 6.45) is 1.51.